The minimum Gasteiger partial charge on any atom is -0.341 e. The maximum absolute atomic E-state index is 4.49. The average molecular weight is 664 g/mol. The molecular weight excluding hydrogens is 623 g/mol. The van der Waals surface area contributed by atoms with Crippen molar-refractivity contribution >= 4 is 77.8 Å². The van der Waals surface area contributed by atoms with Crippen LogP contribution in [0.25, 0.3) is 65.4 Å². The van der Waals surface area contributed by atoms with Crippen molar-refractivity contribution < 1.29 is 0 Å². The van der Waals surface area contributed by atoms with Crippen molar-refractivity contribution in [3.63, 3.8) is 0 Å². The van der Waals surface area contributed by atoms with Crippen LogP contribution >= 0.6 is 0 Å². The molecule has 0 aliphatic rings. The van der Waals surface area contributed by atoms with Gasteiger partial charge in [-0.3, -0.25) is 0 Å². The Morgan fingerprint density at radius 3 is 1.45 bits per heavy atom. The van der Waals surface area contributed by atoms with Crippen LogP contribution in [0.2, 0.25) is 0 Å². The average Bonchev–Trinajstić information content (AvgIpc) is 3.81. The molecule has 0 aliphatic carbocycles. The van der Waals surface area contributed by atoms with E-state index in [1.54, 1.807) is 0 Å². The maximum Gasteiger partial charge on any atom is 0.0568 e. The summed E-state index contributed by atoms with van der Waals surface area (Å²) in [5.41, 5.74) is 9.74. The molecule has 2 atom stereocenters. The molecule has 3 aromatic heterocycles. The highest BCUT2D eigenvalue weighted by atomic mass is 15.2. The number of aryl methyl sites for hydroxylation is 1. The van der Waals surface area contributed by atoms with Gasteiger partial charge in [-0.25, -0.2) is 0 Å². The predicted octanol–water partition coefficient (Wildman–Crippen LogP) is 12.1. The third-order valence-electron chi connectivity index (χ3n) is 10.8. The zero-order valence-corrected chi connectivity index (χ0v) is 29.4. The number of benzene rings is 6. The van der Waals surface area contributed by atoms with E-state index < -0.39 is 0 Å². The van der Waals surface area contributed by atoms with Crippen LogP contribution < -0.4 is 0 Å². The van der Waals surface area contributed by atoms with E-state index >= 15 is 0 Å². The second-order valence-corrected chi connectivity index (χ2v) is 13.7. The Labute approximate surface area is 297 Å². The van der Waals surface area contributed by atoms with Crippen LogP contribution in [0.3, 0.4) is 0 Å². The summed E-state index contributed by atoms with van der Waals surface area (Å²) < 4.78 is 7.50. The van der Waals surface area contributed by atoms with E-state index in [0.717, 1.165) is 30.5 Å². The van der Waals surface area contributed by atoms with Crippen LogP contribution in [0.5, 0.6) is 0 Å². The van der Waals surface area contributed by atoms with E-state index in [1.165, 1.54) is 65.4 Å². The van der Waals surface area contributed by atoms with Crippen molar-refractivity contribution in [2.24, 2.45) is 10.2 Å². The molecule has 9 aromatic rings. The first-order chi connectivity index (χ1) is 25.1. The molecule has 2 unspecified atom stereocenters. The number of hydrogen-bond acceptors (Lipinski definition) is 2. The SMILES string of the molecule is CCC(CC(C)n1c2ccccc2c2ccccc21)n1c2ccccc2c2cc(/C=N\N=C/c3ccc4c(c3)c3ccccc3n4CC)ccc21. The number of para-hydroxylation sites is 4. The van der Waals surface area contributed by atoms with Crippen LogP contribution in [0.4, 0.5) is 0 Å². The molecule has 3 heterocycles. The monoisotopic (exact) mass is 663 g/mol. The second kappa shape index (κ2) is 12.7. The Morgan fingerprint density at radius 2 is 0.902 bits per heavy atom. The molecule has 0 saturated carbocycles. The molecule has 0 saturated heterocycles. The van der Waals surface area contributed by atoms with Gasteiger partial charge in [0.2, 0.25) is 0 Å². The molecule has 5 heteroatoms. The zero-order valence-electron chi connectivity index (χ0n) is 29.4. The fraction of sp³-hybridized carbons (Fsp3) is 0.174. The third-order valence-corrected chi connectivity index (χ3v) is 10.8. The normalized spacial score (nSPS) is 13.7. The number of aromatic nitrogens is 3. The molecule has 0 aliphatic heterocycles. The summed E-state index contributed by atoms with van der Waals surface area (Å²) >= 11 is 0. The fourth-order valence-corrected chi connectivity index (χ4v) is 8.57. The lowest BCUT2D eigenvalue weighted by Crippen LogP contribution is -2.15. The molecule has 5 nitrogen and oxygen atoms in total. The Bertz CT molecular complexity index is 2740. The summed E-state index contributed by atoms with van der Waals surface area (Å²) in [6.07, 6.45) is 5.78. The van der Waals surface area contributed by atoms with Crippen molar-refractivity contribution in [3.8, 4) is 0 Å². The van der Waals surface area contributed by atoms with Gasteiger partial charge in [0.25, 0.3) is 0 Å². The van der Waals surface area contributed by atoms with Crippen LogP contribution in [0, 0.1) is 0 Å². The highest BCUT2D eigenvalue weighted by molar-refractivity contribution is 6.11. The summed E-state index contributed by atoms with van der Waals surface area (Å²) in [6.45, 7) is 7.84. The molecule has 0 amide bonds. The molecular formula is C46H41N5. The Hall–Kier alpha value is -5.94. The number of fused-ring (bicyclic) bond motifs is 9. The van der Waals surface area contributed by atoms with E-state index in [4.69, 9.17) is 0 Å². The van der Waals surface area contributed by atoms with Gasteiger partial charge in [-0.2, -0.15) is 10.2 Å². The lowest BCUT2D eigenvalue weighted by molar-refractivity contribution is 0.393. The van der Waals surface area contributed by atoms with Crippen molar-refractivity contribution in [3.05, 3.63) is 145 Å². The van der Waals surface area contributed by atoms with Gasteiger partial charge in [0, 0.05) is 84.0 Å². The standard InChI is InChI=1S/C46H41N5/c1-4-34(26-31(3)50-43-19-11-7-14-35(43)36-15-8-12-20-44(36)50)51-45-21-13-9-17-38(45)40-28-33(23-25-46(40)51)30-48-47-29-32-22-24-42-39(27-32)37-16-6-10-18-41(37)49(42)5-2/h6-25,27-31,34H,4-5,26H2,1-3H3/b47-29-,48-30-. The number of hydrogen-bond donors (Lipinski definition) is 0. The molecule has 0 bridgehead atoms. The molecule has 0 radical (unpaired) electrons. The van der Waals surface area contributed by atoms with Crippen molar-refractivity contribution in [2.75, 3.05) is 0 Å². The maximum atomic E-state index is 4.49. The van der Waals surface area contributed by atoms with E-state index in [2.05, 4.69) is 178 Å². The number of nitrogens with zero attached hydrogens (tertiary/aromatic N) is 5. The largest absolute Gasteiger partial charge is 0.341 e. The lowest BCUT2D eigenvalue weighted by atomic mass is 10.0. The molecule has 250 valence electrons. The summed E-state index contributed by atoms with van der Waals surface area (Å²) in [6, 6.07) is 49.0. The van der Waals surface area contributed by atoms with Crippen LogP contribution in [-0.2, 0) is 6.54 Å². The first kappa shape index (κ1) is 31.1. The van der Waals surface area contributed by atoms with Crippen molar-refractivity contribution in [1.82, 2.24) is 13.7 Å². The first-order valence-corrected chi connectivity index (χ1v) is 18.2. The Balaban J connectivity index is 1.03. The quantitative estimate of drug-likeness (QED) is 0.109. The zero-order chi connectivity index (χ0) is 34.5. The summed E-state index contributed by atoms with van der Waals surface area (Å²) in [5, 5.41) is 16.6. The van der Waals surface area contributed by atoms with E-state index in [1.807, 2.05) is 12.4 Å². The highest BCUT2D eigenvalue weighted by Crippen LogP contribution is 2.39. The molecule has 0 spiro atoms. The van der Waals surface area contributed by atoms with Gasteiger partial charge < -0.3 is 13.7 Å². The minimum absolute atomic E-state index is 0.311. The predicted molar refractivity (Wildman–Crippen MR) is 218 cm³/mol. The van der Waals surface area contributed by atoms with Crippen molar-refractivity contribution in [1.29, 1.82) is 0 Å². The first-order valence-electron chi connectivity index (χ1n) is 18.2. The van der Waals surface area contributed by atoms with Gasteiger partial charge in [-0.05, 0) is 86.3 Å². The van der Waals surface area contributed by atoms with E-state index in [-0.39, 0.29) is 0 Å². The van der Waals surface area contributed by atoms with Crippen LogP contribution in [0.1, 0.15) is 56.8 Å². The minimum atomic E-state index is 0.311. The van der Waals surface area contributed by atoms with Gasteiger partial charge in [0.15, 0.2) is 0 Å². The lowest BCUT2D eigenvalue weighted by Gasteiger charge is -2.26. The van der Waals surface area contributed by atoms with E-state index in [9.17, 15) is 0 Å². The summed E-state index contributed by atoms with van der Waals surface area (Å²) in [7, 11) is 0. The van der Waals surface area contributed by atoms with Gasteiger partial charge in [-0.15, -0.1) is 0 Å². The highest BCUT2D eigenvalue weighted by Gasteiger charge is 2.22. The molecule has 6 aromatic carbocycles. The molecule has 0 fully saturated rings. The molecule has 0 N–H and O–H groups in total. The smallest absolute Gasteiger partial charge is 0.0568 e. The fourth-order valence-electron chi connectivity index (χ4n) is 8.57. The topological polar surface area (TPSA) is 39.5 Å². The second-order valence-electron chi connectivity index (χ2n) is 13.7. The van der Waals surface area contributed by atoms with Crippen LogP contribution in [-0.4, -0.2) is 26.1 Å². The van der Waals surface area contributed by atoms with Crippen LogP contribution in [0.15, 0.2) is 144 Å². The van der Waals surface area contributed by atoms with Gasteiger partial charge in [-0.1, -0.05) is 91.9 Å². The number of rotatable bonds is 9. The summed E-state index contributed by atoms with van der Waals surface area (Å²) in [5.74, 6) is 0. The van der Waals surface area contributed by atoms with Crippen molar-refractivity contribution in [2.45, 2.75) is 52.2 Å². The van der Waals surface area contributed by atoms with Gasteiger partial charge >= 0.3 is 0 Å². The Kier molecular flexibility index (Phi) is 7.76. The Morgan fingerprint density at radius 1 is 0.490 bits per heavy atom. The molecule has 51 heavy (non-hydrogen) atoms. The summed E-state index contributed by atoms with van der Waals surface area (Å²) in [4.78, 5) is 0. The third kappa shape index (κ3) is 5.15. The molecule has 9 rings (SSSR count). The van der Waals surface area contributed by atoms with Gasteiger partial charge in [0.1, 0.15) is 0 Å². The van der Waals surface area contributed by atoms with E-state index in [0.29, 0.717) is 12.1 Å². The van der Waals surface area contributed by atoms with Gasteiger partial charge in [0.05, 0.1) is 12.4 Å².